The predicted octanol–water partition coefficient (Wildman–Crippen LogP) is 5.40. The van der Waals surface area contributed by atoms with Crippen LogP contribution in [0.2, 0.25) is 0 Å². The molecule has 0 radical (unpaired) electrons. The third kappa shape index (κ3) is 3.21. The van der Waals surface area contributed by atoms with Crippen LogP contribution in [-0.4, -0.2) is 27.2 Å². The summed E-state index contributed by atoms with van der Waals surface area (Å²) in [6.45, 7) is 0. The highest BCUT2D eigenvalue weighted by Gasteiger charge is 2.14. The number of nitrogens with zero attached hydrogens (tertiary/aromatic N) is 1. The van der Waals surface area contributed by atoms with E-state index in [2.05, 4.69) is 15.5 Å². The van der Waals surface area contributed by atoms with Crippen LogP contribution >= 0.6 is 11.3 Å². The molecule has 0 spiro atoms. The highest BCUT2D eigenvalue weighted by atomic mass is 32.1. The highest BCUT2D eigenvalue weighted by molar-refractivity contribution is 7.20. The number of hydrogen-bond donors (Lipinski definition) is 3. The van der Waals surface area contributed by atoms with Crippen LogP contribution in [0.1, 0.15) is 20.2 Å². The largest absolute Gasteiger partial charge is 0.476 e. The van der Waals surface area contributed by atoms with Crippen molar-refractivity contribution >= 4 is 49.9 Å². The number of hydrogen-bond acceptors (Lipinski definition) is 4. The zero-order valence-electron chi connectivity index (χ0n) is 15.5. The second kappa shape index (κ2) is 7.13. The zero-order valence-corrected chi connectivity index (χ0v) is 16.4. The molecule has 0 unspecified atom stereocenters. The first-order chi connectivity index (χ1) is 14.6. The van der Waals surface area contributed by atoms with Gasteiger partial charge in [-0.1, -0.05) is 36.4 Å². The molecule has 146 valence electrons. The van der Waals surface area contributed by atoms with Crippen molar-refractivity contribution in [2.75, 3.05) is 5.32 Å². The SMILES string of the molecule is O=C(Nc1cccc(-c2ccc3c(C(=O)O)n[nH]c3c2)c1)c1cc2ccccc2s1. The number of benzene rings is 3. The van der Waals surface area contributed by atoms with Crippen LogP contribution in [0.4, 0.5) is 5.69 Å². The molecule has 7 heteroatoms. The van der Waals surface area contributed by atoms with Crippen LogP contribution in [0.25, 0.3) is 32.1 Å². The van der Waals surface area contributed by atoms with Gasteiger partial charge in [-0.05, 0) is 52.9 Å². The van der Waals surface area contributed by atoms with Gasteiger partial charge in [0.15, 0.2) is 5.69 Å². The van der Waals surface area contributed by atoms with Crippen molar-refractivity contribution in [3.8, 4) is 11.1 Å². The van der Waals surface area contributed by atoms with Gasteiger partial charge in [-0.3, -0.25) is 9.89 Å². The maximum atomic E-state index is 12.7. The number of carboxylic acid groups (broad SMARTS) is 1. The van der Waals surface area contributed by atoms with Crippen LogP contribution in [0.15, 0.2) is 72.8 Å². The minimum absolute atomic E-state index is 0.000832. The number of thiophene rings is 1. The average Bonchev–Trinajstić information content (AvgIpc) is 3.37. The van der Waals surface area contributed by atoms with Gasteiger partial charge in [-0.15, -0.1) is 11.3 Å². The van der Waals surface area contributed by atoms with Gasteiger partial charge in [0.1, 0.15) is 0 Å². The summed E-state index contributed by atoms with van der Waals surface area (Å²) in [5.41, 5.74) is 3.12. The normalized spacial score (nSPS) is 11.1. The first-order valence-corrected chi connectivity index (χ1v) is 10.0. The summed E-state index contributed by atoms with van der Waals surface area (Å²) in [5, 5.41) is 20.4. The number of aromatic carboxylic acids is 1. The molecule has 0 aliphatic rings. The average molecular weight is 413 g/mol. The first kappa shape index (κ1) is 18.1. The smallest absolute Gasteiger partial charge is 0.357 e. The topological polar surface area (TPSA) is 95.1 Å². The maximum absolute atomic E-state index is 12.7. The Labute approximate surface area is 174 Å². The number of rotatable bonds is 4. The number of nitrogens with one attached hydrogen (secondary N) is 2. The van der Waals surface area contributed by atoms with Crippen molar-refractivity contribution in [3.63, 3.8) is 0 Å². The Kier molecular flexibility index (Phi) is 4.30. The molecule has 2 aromatic heterocycles. The summed E-state index contributed by atoms with van der Waals surface area (Å²) < 4.78 is 1.07. The summed E-state index contributed by atoms with van der Waals surface area (Å²) in [5.74, 6) is -1.22. The van der Waals surface area contributed by atoms with Crippen molar-refractivity contribution < 1.29 is 14.7 Å². The summed E-state index contributed by atoms with van der Waals surface area (Å²) in [7, 11) is 0. The number of aromatic nitrogens is 2. The Hall–Kier alpha value is -3.97. The summed E-state index contributed by atoms with van der Waals surface area (Å²) in [4.78, 5) is 24.6. The molecule has 0 fully saturated rings. The van der Waals surface area contributed by atoms with Crippen molar-refractivity contribution in [3.05, 3.63) is 83.4 Å². The molecule has 0 atom stereocenters. The minimum Gasteiger partial charge on any atom is -0.476 e. The number of carboxylic acids is 1. The molecule has 0 saturated heterocycles. The molecule has 3 N–H and O–H groups in total. The molecule has 6 nitrogen and oxygen atoms in total. The number of amides is 1. The molecule has 2 heterocycles. The third-order valence-corrected chi connectivity index (χ3v) is 5.98. The number of aromatic amines is 1. The van der Waals surface area contributed by atoms with E-state index in [1.807, 2.05) is 66.7 Å². The molecule has 30 heavy (non-hydrogen) atoms. The van der Waals surface area contributed by atoms with Gasteiger partial charge >= 0.3 is 5.97 Å². The van der Waals surface area contributed by atoms with E-state index < -0.39 is 5.97 Å². The highest BCUT2D eigenvalue weighted by Crippen LogP contribution is 2.29. The van der Waals surface area contributed by atoms with E-state index in [0.717, 1.165) is 21.2 Å². The van der Waals surface area contributed by atoms with E-state index in [-0.39, 0.29) is 11.6 Å². The fourth-order valence-electron chi connectivity index (χ4n) is 3.43. The van der Waals surface area contributed by atoms with E-state index in [4.69, 9.17) is 0 Å². The lowest BCUT2D eigenvalue weighted by Gasteiger charge is -2.07. The first-order valence-electron chi connectivity index (χ1n) is 9.20. The monoisotopic (exact) mass is 413 g/mol. The van der Waals surface area contributed by atoms with Gasteiger partial charge < -0.3 is 10.4 Å². The van der Waals surface area contributed by atoms with Crippen LogP contribution < -0.4 is 5.32 Å². The summed E-state index contributed by atoms with van der Waals surface area (Å²) >= 11 is 1.46. The molecule has 0 bridgehead atoms. The second-order valence-electron chi connectivity index (χ2n) is 6.82. The van der Waals surface area contributed by atoms with Gasteiger partial charge in [0.25, 0.3) is 5.91 Å². The Morgan fingerprint density at radius 1 is 0.933 bits per heavy atom. The molecule has 0 aliphatic carbocycles. The number of anilines is 1. The summed E-state index contributed by atoms with van der Waals surface area (Å²) in [6, 6.07) is 22.8. The lowest BCUT2D eigenvalue weighted by molar-refractivity contribution is 0.0692. The van der Waals surface area contributed by atoms with Crippen molar-refractivity contribution in [1.29, 1.82) is 0 Å². The van der Waals surface area contributed by atoms with Crippen molar-refractivity contribution in [1.82, 2.24) is 10.2 Å². The van der Waals surface area contributed by atoms with Crippen LogP contribution in [0.3, 0.4) is 0 Å². The lowest BCUT2D eigenvalue weighted by Crippen LogP contribution is -2.09. The van der Waals surface area contributed by atoms with Crippen LogP contribution in [0.5, 0.6) is 0 Å². The van der Waals surface area contributed by atoms with E-state index in [9.17, 15) is 14.7 Å². The standard InChI is InChI=1S/C23H15N3O3S/c27-22(20-12-15-4-1-2-7-19(15)30-20)24-16-6-3-5-13(10-16)14-8-9-17-18(11-14)25-26-21(17)23(28)29/h1-12H,(H,24,27)(H,25,26)(H,28,29). The summed E-state index contributed by atoms with van der Waals surface area (Å²) in [6.07, 6.45) is 0. The van der Waals surface area contributed by atoms with Gasteiger partial charge in [0.05, 0.1) is 10.4 Å². The fourth-order valence-corrected chi connectivity index (χ4v) is 4.38. The molecule has 5 rings (SSSR count). The zero-order chi connectivity index (χ0) is 20.7. The third-order valence-electron chi connectivity index (χ3n) is 4.87. The van der Waals surface area contributed by atoms with E-state index in [1.54, 1.807) is 6.07 Å². The van der Waals surface area contributed by atoms with Gasteiger partial charge in [0.2, 0.25) is 0 Å². The van der Waals surface area contributed by atoms with Crippen LogP contribution in [0, 0.1) is 0 Å². The Morgan fingerprint density at radius 2 is 1.77 bits per heavy atom. The Bertz CT molecular complexity index is 1400. The van der Waals surface area contributed by atoms with E-state index in [0.29, 0.717) is 21.5 Å². The molecule has 0 saturated carbocycles. The van der Waals surface area contributed by atoms with Crippen molar-refractivity contribution in [2.24, 2.45) is 0 Å². The van der Waals surface area contributed by atoms with Crippen molar-refractivity contribution in [2.45, 2.75) is 0 Å². The Balaban J connectivity index is 1.43. The number of carbonyl (C=O) groups excluding carboxylic acids is 1. The number of carbonyl (C=O) groups is 2. The quantitative estimate of drug-likeness (QED) is 0.368. The van der Waals surface area contributed by atoms with E-state index in [1.165, 1.54) is 11.3 Å². The molecule has 1 amide bonds. The lowest BCUT2D eigenvalue weighted by atomic mass is 10.0. The van der Waals surface area contributed by atoms with Gasteiger partial charge in [0, 0.05) is 15.8 Å². The second-order valence-corrected chi connectivity index (χ2v) is 7.90. The molecule has 5 aromatic rings. The Morgan fingerprint density at radius 3 is 2.60 bits per heavy atom. The van der Waals surface area contributed by atoms with E-state index >= 15 is 0 Å². The predicted molar refractivity (Wildman–Crippen MR) is 118 cm³/mol. The molecular formula is C23H15N3O3S. The fraction of sp³-hybridized carbons (Fsp3) is 0. The molecule has 3 aromatic carbocycles. The van der Waals surface area contributed by atoms with Gasteiger partial charge in [-0.2, -0.15) is 5.10 Å². The number of fused-ring (bicyclic) bond motifs is 2. The molecular weight excluding hydrogens is 398 g/mol. The number of H-pyrrole nitrogens is 1. The van der Waals surface area contributed by atoms with Gasteiger partial charge in [-0.25, -0.2) is 4.79 Å². The minimum atomic E-state index is -1.07. The molecule has 0 aliphatic heterocycles. The maximum Gasteiger partial charge on any atom is 0.357 e. The van der Waals surface area contributed by atoms with Crippen LogP contribution in [-0.2, 0) is 0 Å².